The molecule has 0 amide bonds. The second-order valence-corrected chi connectivity index (χ2v) is 4.80. The van der Waals surface area contributed by atoms with Crippen molar-refractivity contribution < 1.29 is 9.47 Å². The number of hydrogen-bond donors (Lipinski definition) is 1. The van der Waals surface area contributed by atoms with E-state index in [1.807, 2.05) is 30.5 Å². The molecule has 1 aromatic heterocycles. The zero-order valence-corrected chi connectivity index (χ0v) is 13.0. The van der Waals surface area contributed by atoms with Crippen LogP contribution >= 0.6 is 0 Å². The van der Waals surface area contributed by atoms with Crippen molar-refractivity contribution in [2.45, 2.75) is 19.9 Å². The number of nitrogens with zero attached hydrogens (tertiary/aromatic N) is 1. The Kier molecular flexibility index (Phi) is 5.17. The summed E-state index contributed by atoms with van der Waals surface area (Å²) >= 11 is 0. The fourth-order valence-electron chi connectivity index (χ4n) is 2.42. The lowest BCUT2D eigenvalue weighted by Gasteiger charge is -2.22. The van der Waals surface area contributed by atoms with Gasteiger partial charge >= 0.3 is 0 Å². The molecule has 0 aliphatic rings. The first-order valence-corrected chi connectivity index (χ1v) is 7.08. The van der Waals surface area contributed by atoms with Crippen LogP contribution in [-0.2, 0) is 0 Å². The third-order valence-corrected chi connectivity index (χ3v) is 3.48. The van der Waals surface area contributed by atoms with Crippen molar-refractivity contribution in [3.63, 3.8) is 0 Å². The van der Waals surface area contributed by atoms with Crippen molar-refractivity contribution in [2.75, 3.05) is 20.8 Å². The molecule has 0 radical (unpaired) electrons. The van der Waals surface area contributed by atoms with Crippen LogP contribution in [0.5, 0.6) is 11.5 Å². The van der Waals surface area contributed by atoms with Crippen LogP contribution in [0.4, 0.5) is 0 Å². The van der Waals surface area contributed by atoms with Crippen LogP contribution in [0.15, 0.2) is 36.5 Å². The molecule has 1 N–H and O–H groups in total. The van der Waals surface area contributed by atoms with Gasteiger partial charge in [0.05, 0.1) is 26.0 Å². The van der Waals surface area contributed by atoms with Crippen molar-refractivity contribution >= 4 is 0 Å². The number of aryl methyl sites for hydroxylation is 1. The molecular formula is C17H22N2O2. The monoisotopic (exact) mass is 286 g/mol. The predicted molar refractivity (Wildman–Crippen MR) is 84.0 cm³/mol. The summed E-state index contributed by atoms with van der Waals surface area (Å²) in [6.07, 6.45) is 1.82. The third kappa shape index (κ3) is 3.34. The fraction of sp³-hybridized carbons (Fsp3) is 0.353. The van der Waals surface area contributed by atoms with E-state index in [4.69, 9.17) is 9.47 Å². The predicted octanol–water partition coefficient (Wildman–Crippen LogP) is 3.11. The molecule has 4 heteroatoms. The van der Waals surface area contributed by atoms with Crippen molar-refractivity contribution in [1.29, 1.82) is 0 Å². The lowest BCUT2D eigenvalue weighted by atomic mass is 9.98. The zero-order valence-electron chi connectivity index (χ0n) is 13.0. The smallest absolute Gasteiger partial charge is 0.124 e. The van der Waals surface area contributed by atoms with Crippen LogP contribution in [-0.4, -0.2) is 25.7 Å². The highest BCUT2D eigenvalue weighted by Gasteiger charge is 2.21. The van der Waals surface area contributed by atoms with E-state index in [9.17, 15) is 0 Å². The Morgan fingerprint density at radius 3 is 2.62 bits per heavy atom. The zero-order chi connectivity index (χ0) is 15.2. The summed E-state index contributed by atoms with van der Waals surface area (Å²) in [6.45, 7) is 4.98. The van der Waals surface area contributed by atoms with Gasteiger partial charge in [-0.3, -0.25) is 4.98 Å². The second-order valence-electron chi connectivity index (χ2n) is 4.80. The number of methoxy groups -OCH3 is 2. The minimum Gasteiger partial charge on any atom is -0.497 e. The van der Waals surface area contributed by atoms with Crippen LogP contribution in [0.1, 0.15) is 29.8 Å². The van der Waals surface area contributed by atoms with Crippen LogP contribution in [0, 0.1) is 6.92 Å². The standard InChI is InChI=1S/C17H22N2O2/c1-5-18-17(16-12(2)7-6-10-19-16)14-11-13(20-3)8-9-15(14)21-4/h6-11,17-18H,5H2,1-4H3. The minimum absolute atomic E-state index is 0.0266. The van der Waals surface area contributed by atoms with Crippen molar-refractivity contribution in [3.8, 4) is 11.5 Å². The lowest BCUT2D eigenvalue weighted by molar-refractivity contribution is 0.393. The molecule has 1 atom stereocenters. The fourth-order valence-corrected chi connectivity index (χ4v) is 2.42. The Labute approximate surface area is 126 Å². The van der Waals surface area contributed by atoms with Gasteiger partial charge < -0.3 is 14.8 Å². The Morgan fingerprint density at radius 1 is 1.19 bits per heavy atom. The van der Waals surface area contributed by atoms with Crippen LogP contribution in [0.25, 0.3) is 0 Å². The first-order valence-electron chi connectivity index (χ1n) is 7.08. The van der Waals surface area contributed by atoms with E-state index < -0.39 is 0 Å². The largest absolute Gasteiger partial charge is 0.497 e. The van der Waals surface area contributed by atoms with Gasteiger partial charge in [0.2, 0.25) is 0 Å². The molecule has 0 aliphatic heterocycles. The molecule has 0 aliphatic carbocycles. The van der Waals surface area contributed by atoms with E-state index in [1.165, 1.54) is 0 Å². The number of hydrogen-bond acceptors (Lipinski definition) is 4. The maximum Gasteiger partial charge on any atom is 0.124 e. The average Bonchev–Trinajstić information content (AvgIpc) is 2.53. The summed E-state index contributed by atoms with van der Waals surface area (Å²) in [5.74, 6) is 1.63. The molecule has 0 saturated heterocycles. The number of ether oxygens (including phenoxy) is 2. The summed E-state index contributed by atoms with van der Waals surface area (Å²) in [5.41, 5.74) is 3.18. The van der Waals surface area contributed by atoms with E-state index in [-0.39, 0.29) is 6.04 Å². The van der Waals surface area contributed by atoms with E-state index in [2.05, 4.69) is 30.2 Å². The normalized spacial score (nSPS) is 12.0. The number of rotatable bonds is 6. The van der Waals surface area contributed by atoms with Gasteiger partial charge in [-0.15, -0.1) is 0 Å². The highest BCUT2D eigenvalue weighted by Crippen LogP contribution is 2.33. The highest BCUT2D eigenvalue weighted by molar-refractivity contribution is 5.46. The summed E-state index contributed by atoms with van der Waals surface area (Å²) in [7, 11) is 3.35. The molecule has 0 spiro atoms. The molecular weight excluding hydrogens is 264 g/mol. The van der Waals surface area contributed by atoms with Gasteiger partial charge in [0.1, 0.15) is 11.5 Å². The van der Waals surface area contributed by atoms with Crippen molar-refractivity contribution in [3.05, 3.63) is 53.3 Å². The molecule has 2 aromatic rings. The first-order chi connectivity index (χ1) is 10.2. The number of nitrogens with one attached hydrogen (secondary N) is 1. The Bertz CT molecular complexity index is 599. The van der Waals surface area contributed by atoms with E-state index in [1.54, 1.807) is 14.2 Å². The van der Waals surface area contributed by atoms with E-state index in [0.717, 1.165) is 34.9 Å². The summed E-state index contributed by atoms with van der Waals surface area (Å²) in [5, 5.41) is 3.48. The second kappa shape index (κ2) is 7.09. The quantitative estimate of drug-likeness (QED) is 0.886. The van der Waals surface area contributed by atoms with Gasteiger partial charge in [-0.2, -0.15) is 0 Å². The maximum absolute atomic E-state index is 5.51. The molecule has 0 saturated carbocycles. The number of pyridine rings is 1. The van der Waals surface area contributed by atoms with Gasteiger partial charge in [-0.05, 0) is 43.3 Å². The maximum atomic E-state index is 5.51. The van der Waals surface area contributed by atoms with Gasteiger partial charge in [0, 0.05) is 11.8 Å². The molecule has 112 valence electrons. The molecule has 21 heavy (non-hydrogen) atoms. The lowest BCUT2D eigenvalue weighted by Crippen LogP contribution is -2.24. The molecule has 0 bridgehead atoms. The molecule has 0 fully saturated rings. The van der Waals surface area contributed by atoms with Crippen molar-refractivity contribution in [1.82, 2.24) is 10.3 Å². The topological polar surface area (TPSA) is 43.4 Å². The molecule has 4 nitrogen and oxygen atoms in total. The number of aromatic nitrogens is 1. The van der Waals surface area contributed by atoms with Crippen LogP contribution in [0.2, 0.25) is 0 Å². The molecule has 1 heterocycles. The van der Waals surface area contributed by atoms with Crippen molar-refractivity contribution in [2.24, 2.45) is 0 Å². The Balaban J connectivity index is 2.54. The van der Waals surface area contributed by atoms with Gasteiger partial charge in [-0.1, -0.05) is 13.0 Å². The molecule has 1 unspecified atom stereocenters. The van der Waals surface area contributed by atoms with E-state index >= 15 is 0 Å². The minimum atomic E-state index is -0.0266. The van der Waals surface area contributed by atoms with Crippen LogP contribution in [0.3, 0.4) is 0 Å². The highest BCUT2D eigenvalue weighted by atomic mass is 16.5. The van der Waals surface area contributed by atoms with Gasteiger partial charge in [-0.25, -0.2) is 0 Å². The van der Waals surface area contributed by atoms with Gasteiger partial charge in [0.15, 0.2) is 0 Å². The van der Waals surface area contributed by atoms with Gasteiger partial charge in [0.25, 0.3) is 0 Å². The Hall–Kier alpha value is -2.07. The number of benzene rings is 1. The SMILES string of the molecule is CCNC(c1cc(OC)ccc1OC)c1ncccc1C. The first kappa shape index (κ1) is 15.3. The molecule has 1 aromatic carbocycles. The van der Waals surface area contributed by atoms with E-state index in [0.29, 0.717) is 0 Å². The summed E-state index contributed by atoms with van der Waals surface area (Å²) < 4.78 is 10.9. The molecule has 2 rings (SSSR count). The summed E-state index contributed by atoms with van der Waals surface area (Å²) in [6, 6.07) is 9.82. The van der Waals surface area contributed by atoms with Crippen LogP contribution < -0.4 is 14.8 Å². The average molecular weight is 286 g/mol. The summed E-state index contributed by atoms with van der Waals surface area (Å²) in [4.78, 5) is 4.55. The third-order valence-electron chi connectivity index (χ3n) is 3.48. The Morgan fingerprint density at radius 2 is 2.00 bits per heavy atom.